The first-order valence-corrected chi connectivity index (χ1v) is 6.80. The molecule has 3 aromatic heterocycles. The minimum atomic E-state index is 0.768. The molecule has 0 aliphatic heterocycles. The van der Waals surface area contributed by atoms with Crippen LogP contribution in [0.5, 0.6) is 0 Å². The van der Waals surface area contributed by atoms with Crippen LogP contribution in [-0.2, 0) is 0 Å². The maximum atomic E-state index is 4.47. The second-order valence-electron chi connectivity index (χ2n) is 5.00. The van der Waals surface area contributed by atoms with Crippen LogP contribution in [0.15, 0.2) is 60.9 Å². The third-order valence-corrected chi connectivity index (χ3v) is 3.85. The van der Waals surface area contributed by atoms with E-state index in [2.05, 4.69) is 57.1 Å². The molecule has 2 aromatic carbocycles. The van der Waals surface area contributed by atoms with Crippen LogP contribution in [0.2, 0.25) is 0 Å². The summed E-state index contributed by atoms with van der Waals surface area (Å²) < 4.78 is 4.07. The summed E-state index contributed by atoms with van der Waals surface area (Å²) >= 11 is 0. The first-order valence-electron chi connectivity index (χ1n) is 6.80. The van der Waals surface area contributed by atoms with Crippen molar-refractivity contribution < 1.29 is 4.52 Å². The normalized spacial score (nSPS) is 11.8. The van der Waals surface area contributed by atoms with E-state index < -0.39 is 0 Å². The summed E-state index contributed by atoms with van der Waals surface area (Å²) in [5.74, 6) is 0. The van der Waals surface area contributed by atoms with Crippen molar-refractivity contribution in [1.29, 1.82) is 0 Å². The molecule has 4 heteroatoms. The van der Waals surface area contributed by atoms with Gasteiger partial charge >= 0.3 is 0 Å². The van der Waals surface area contributed by atoms with Crippen LogP contribution in [0, 0.1) is 6.20 Å². The molecule has 5 rings (SSSR count). The SMILES string of the molecule is [c-]1c2nccnc2n2c3ccccc3c3ccccc3[n+]12. The Balaban J connectivity index is 2.25. The molecule has 0 bridgehead atoms. The molecule has 4 nitrogen and oxygen atoms in total. The number of fused-ring (bicyclic) bond motifs is 8. The van der Waals surface area contributed by atoms with E-state index in [0.29, 0.717) is 0 Å². The summed E-state index contributed by atoms with van der Waals surface area (Å²) in [7, 11) is 0. The van der Waals surface area contributed by atoms with E-state index in [9.17, 15) is 0 Å². The maximum Gasteiger partial charge on any atom is 0.176 e. The molecule has 0 saturated heterocycles. The molecule has 21 heavy (non-hydrogen) atoms. The Hall–Kier alpha value is -3.01. The molecule has 5 aromatic rings. The van der Waals surface area contributed by atoms with Gasteiger partial charge in [0.05, 0.1) is 11.0 Å². The van der Waals surface area contributed by atoms with Crippen LogP contribution >= 0.6 is 0 Å². The van der Waals surface area contributed by atoms with Gasteiger partial charge in [-0.15, -0.1) is 0 Å². The lowest BCUT2D eigenvalue weighted by Crippen LogP contribution is -2.29. The van der Waals surface area contributed by atoms with Crippen LogP contribution in [0.3, 0.4) is 0 Å². The monoisotopic (exact) mass is 270 g/mol. The summed E-state index contributed by atoms with van der Waals surface area (Å²) in [6, 6.07) is 16.7. The number of hydrogen-bond acceptors (Lipinski definition) is 2. The topological polar surface area (TPSA) is 34.3 Å². The summed E-state index contributed by atoms with van der Waals surface area (Å²) in [5.41, 5.74) is 3.78. The molecule has 0 amide bonds. The third-order valence-electron chi connectivity index (χ3n) is 3.85. The summed E-state index contributed by atoms with van der Waals surface area (Å²) in [5, 5.41) is 2.40. The predicted octanol–water partition coefficient (Wildman–Crippen LogP) is 2.57. The average molecular weight is 270 g/mol. The van der Waals surface area contributed by atoms with Gasteiger partial charge in [0.25, 0.3) is 0 Å². The molecule has 0 N–H and O–H groups in total. The van der Waals surface area contributed by atoms with E-state index >= 15 is 0 Å². The molecular formula is C17H10N4. The highest BCUT2D eigenvalue weighted by Crippen LogP contribution is 2.23. The average Bonchev–Trinajstić information content (AvgIpc) is 2.95. The second kappa shape index (κ2) is 3.76. The number of hydrogen-bond donors (Lipinski definition) is 0. The van der Waals surface area contributed by atoms with Crippen molar-refractivity contribution in [2.24, 2.45) is 0 Å². The van der Waals surface area contributed by atoms with E-state index in [1.165, 1.54) is 10.8 Å². The van der Waals surface area contributed by atoms with Crippen molar-refractivity contribution in [2.45, 2.75) is 0 Å². The quantitative estimate of drug-likeness (QED) is 0.246. The van der Waals surface area contributed by atoms with Crippen molar-refractivity contribution in [3.63, 3.8) is 0 Å². The maximum absolute atomic E-state index is 4.47. The highest BCUT2D eigenvalue weighted by Gasteiger charge is 2.13. The van der Waals surface area contributed by atoms with E-state index in [1.807, 2.05) is 16.6 Å². The molecule has 0 spiro atoms. The number of rotatable bonds is 0. The van der Waals surface area contributed by atoms with E-state index in [0.717, 1.165) is 22.2 Å². The minimum Gasteiger partial charge on any atom is -0.293 e. The number of aromatic nitrogens is 4. The van der Waals surface area contributed by atoms with E-state index in [1.54, 1.807) is 12.4 Å². The fourth-order valence-corrected chi connectivity index (χ4v) is 2.97. The summed E-state index contributed by atoms with van der Waals surface area (Å²) in [4.78, 5) is 8.85. The Kier molecular flexibility index (Phi) is 1.92. The molecule has 0 fully saturated rings. The molecular weight excluding hydrogens is 260 g/mol. The van der Waals surface area contributed by atoms with Crippen LogP contribution < -0.4 is 4.52 Å². The number of benzene rings is 2. The lowest BCUT2D eigenvalue weighted by atomic mass is 10.1. The van der Waals surface area contributed by atoms with Crippen molar-refractivity contribution in [3.8, 4) is 0 Å². The standard InChI is InChI=1S/C17H10N4/c1-3-7-15-12(5-1)13-6-2-4-8-16(13)21-17-14(11-20(15)21)18-9-10-19-17/h1-10H. The first kappa shape index (κ1) is 10.7. The zero-order chi connectivity index (χ0) is 13.8. The molecule has 0 atom stereocenters. The minimum absolute atomic E-state index is 0.768. The van der Waals surface area contributed by atoms with Gasteiger partial charge in [0.2, 0.25) is 0 Å². The van der Waals surface area contributed by atoms with Gasteiger partial charge in [0.15, 0.2) is 6.20 Å². The van der Waals surface area contributed by atoms with Crippen molar-refractivity contribution in [2.75, 3.05) is 0 Å². The van der Waals surface area contributed by atoms with Crippen molar-refractivity contribution in [1.82, 2.24) is 14.5 Å². The van der Waals surface area contributed by atoms with Gasteiger partial charge in [-0.3, -0.25) is 9.97 Å². The molecule has 0 radical (unpaired) electrons. The van der Waals surface area contributed by atoms with Gasteiger partial charge in [-0.05, 0) is 12.1 Å². The molecule has 3 heterocycles. The van der Waals surface area contributed by atoms with Gasteiger partial charge in [-0.2, -0.15) is 9.03 Å². The zero-order valence-electron chi connectivity index (χ0n) is 11.1. The predicted molar refractivity (Wildman–Crippen MR) is 80.0 cm³/mol. The number of nitrogens with zero attached hydrogens (tertiary/aromatic N) is 4. The van der Waals surface area contributed by atoms with Gasteiger partial charge in [-0.25, -0.2) is 0 Å². The Morgan fingerprint density at radius 3 is 2.57 bits per heavy atom. The fraction of sp³-hybridized carbons (Fsp3) is 0. The molecule has 0 saturated carbocycles. The molecule has 98 valence electrons. The van der Waals surface area contributed by atoms with Crippen molar-refractivity contribution in [3.05, 3.63) is 67.1 Å². The summed E-state index contributed by atoms with van der Waals surface area (Å²) in [6.07, 6.45) is 6.73. The first-order chi connectivity index (χ1) is 10.4. The lowest BCUT2D eigenvalue weighted by Gasteiger charge is -2.07. The molecule has 0 aliphatic rings. The van der Waals surface area contributed by atoms with Crippen LogP contribution in [0.25, 0.3) is 33.0 Å². The van der Waals surface area contributed by atoms with Crippen molar-refractivity contribution >= 4 is 33.0 Å². The Labute approximate surface area is 119 Å². The van der Waals surface area contributed by atoms with Gasteiger partial charge in [-0.1, -0.05) is 36.4 Å². The van der Waals surface area contributed by atoms with Crippen LogP contribution in [0.1, 0.15) is 0 Å². The van der Waals surface area contributed by atoms with Crippen LogP contribution in [0.4, 0.5) is 0 Å². The third kappa shape index (κ3) is 1.31. The molecule has 0 unspecified atom stereocenters. The van der Waals surface area contributed by atoms with E-state index in [-0.39, 0.29) is 0 Å². The van der Waals surface area contributed by atoms with Gasteiger partial charge in [0, 0.05) is 23.2 Å². The van der Waals surface area contributed by atoms with E-state index in [4.69, 9.17) is 0 Å². The second-order valence-corrected chi connectivity index (χ2v) is 5.00. The zero-order valence-corrected chi connectivity index (χ0v) is 11.1. The van der Waals surface area contributed by atoms with Gasteiger partial charge in [0.1, 0.15) is 11.2 Å². The molecule has 0 aliphatic carbocycles. The number of para-hydroxylation sites is 2. The fourth-order valence-electron chi connectivity index (χ4n) is 2.97. The lowest BCUT2D eigenvalue weighted by molar-refractivity contribution is -0.589. The highest BCUT2D eigenvalue weighted by atomic mass is 15.3. The smallest absolute Gasteiger partial charge is 0.176 e. The largest absolute Gasteiger partial charge is 0.293 e. The van der Waals surface area contributed by atoms with Crippen LogP contribution in [-0.4, -0.2) is 14.5 Å². The Morgan fingerprint density at radius 1 is 0.857 bits per heavy atom. The highest BCUT2D eigenvalue weighted by molar-refractivity contribution is 6.03. The summed E-state index contributed by atoms with van der Waals surface area (Å²) in [6.45, 7) is 0. The Bertz CT molecular complexity index is 1140. The Morgan fingerprint density at radius 2 is 1.62 bits per heavy atom. The van der Waals surface area contributed by atoms with Gasteiger partial charge < -0.3 is 0 Å².